The molecule has 1 saturated heterocycles. The zero-order chi connectivity index (χ0) is 13.0. The molecule has 0 amide bonds. The third-order valence-electron chi connectivity index (χ3n) is 3.52. The molecule has 0 aromatic heterocycles. The van der Waals surface area contributed by atoms with Crippen LogP contribution < -0.4 is 15.2 Å². The number of hydrogen-bond acceptors (Lipinski definition) is 4. The SMILES string of the molecule is COc1ccc(CN2CCC(N)CC2)c(OC)c1. The van der Waals surface area contributed by atoms with Crippen molar-refractivity contribution in [3.05, 3.63) is 23.8 Å². The van der Waals surface area contributed by atoms with Crippen molar-refractivity contribution >= 4 is 0 Å². The number of likely N-dealkylation sites (tertiary alicyclic amines) is 1. The second-order valence-corrected chi connectivity index (χ2v) is 4.79. The van der Waals surface area contributed by atoms with Crippen molar-refractivity contribution in [3.63, 3.8) is 0 Å². The molecule has 1 aromatic rings. The van der Waals surface area contributed by atoms with E-state index in [9.17, 15) is 0 Å². The van der Waals surface area contributed by atoms with Gasteiger partial charge < -0.3 is 15.2 Å². The Morgan fingerprint density at radius 1 is 1.22 bits per heavy atom. The summed E-state index contributed by atoms with van der Waals surface area (Å²) in [7, 11) is 3.37. The lowest BCUT2D eigenvalue weighted by Gasteiger charge is -2.30. The molecule has 4 heteroatoms. The van der Waals surface area contributed by atoms with Gasteiger partial charge in [-0.3, -0.25) is 4.90 Å². The molecule has 0 unspecified atom stereocenters. The van der Waals surface area contributed by atoms with E-state index in [0.717, 1.165) is 44.0 Å². The summed E-state index contributed by atoms with van der Waals surface area (Å²) in [4.78, 5) is 2.42. The Hall–Kier alpha value is -1.26. The number of benzene rings is 1. The molecule has 0 saturated carbocycles. The lowest BCUT2D eigenvalue weighted by atomic mass is 10.0. The number of nitrogens with two attached hydrogens (primary N) is 1. The molecule has 2 N–H and O–H groups in total. The first-order valence-electron chi connectivity index (χ1n) is 6.41. The minimum atomic E-state index is 0.374. The largest absolute Gasteiger partial charge is 0.497 e. The molecule has 2 rings (SSSR count). The van der Waals surface area contributed by atoms with E-state index < -0.39 is 0 Å². The van der Waals surface area contributed by atoms with Gasteiger partial charge in [-0.2, -0.15) is 0 Å². The van der Waals surface area contributed by atoms with Gasteiger partial charge in [0, 0.05) is 24.2 Å². The number of piperidine rings is 1. The van der Waals surface area contributed by atoms with Gasteiger partial charge in [-0.05, 0) is 32.0 Å². The zero-order valence-corrected chi connectivity index (χ0v) is 11.2. The summed E-state index contributed by atoms with van der Waals surface area (Å²) in [5.41, 5.74) is 7.12. The van der Waals surface area contributed by atoms with Gasteiger partial charge in [0.1, 0.15) is 11.5 Å². The van der Waals surface area contributed by atoms with Crippen molar-refractivity contribution < 1.29 is 9.47 Å². The smallest absolute Gasteiger partial charge is 0.127 e. The maximum Gasteiger partial charge on any atom is 0.127 e. The topological polar surface area (TPSA) is 47.7 Å². The molecule has 0 radical (unpaired) electrons. The molecule has 4 nitrogen and oxygen atoms in total. The van der Waals surface area contributed by atoms with Crippen LogP contribution in [0, 0.1) is 0 Å². The molecule has 0 aliphatic carbocycles. The molecule has 100 valence electrons. The predicted molar refractivity (Wildman–Crippen MR) is 72.0 cm³/mol. The van der Waals surface area contributed by atoms with E-state index in [1.54, 1.807) is 14.2 Å². The first kappa shape index (κ1) is 13.2. The average Bonchev–Trinajstić information content (AvgIpc) is 2.41. The highest BCUT2D eigenvalue weighted by Crippen LogP contribution is 2.26. The number of ether oxygens (including phenoxy) is 2. The normalized spacial score (nSPS) is 17.7. The fourth-order valence-corrected chi connectivity index (χ4v) is 2.33. The quantitative estimate of drug-likeness (QED) is 0.882. The van der Waals surface area contributed by atoms with Crippen LogP contribution in [0.15, 0.2) is 18.2 Å². The van der Waals surface area contributed by atoms with Gasteiger partial charge >= 0.3 is 0 Å². The van der Waals surface area contributed by atoms with E-state index in [1.807, 2.05) is 12.1 Å². The molecule has 0 bridgehead atoms. The molecule has 1 aliphatic rings. The minimum Gasteiger partial charge on any atom is -0.497 e. The molecular weight excluding hydrogens is 228 g/mol. The Kier molecular flexibility index (Phi) is 4.44. The van der Waals surface area contributed by atoms with Crippen LogP contribution in [-0.4, -0.2) is 38.3 Å². The summed E-state index contributed by atoms with van der Waals surface area (Å²) in [6, 6.07) is 6.36. The van der Waals surface area contributed by atoms with E-state index in [-0.39, 0.29) is 0 Å². The fraction of sp³-hybridized carbons (Fsp3) is 0.571. The Balaban J connectivity index is 2.04. The molecule has 0 atom stereocenters. The van der Waals surface area contributed by atoms with Crippen LogP contribution in [-0.2, 0) is 6.54 Å². The summed E-state index contributed by atoms with van der Waals surface area (Å²) < 4.78 is 10.6. The predicted octanol–water partition coefficient (Wildman–Crippen LogP) is 1.63. The third kappa shape index (κ3) is 3.15. The van der Waals surface area contributed by atoms with E-state index in [1.165, 1.54) is 5.56 Å². The monoisotopic (exact) mass is 250 g/mol. The number of hydrogen-bond donors (Lipinski definition) is 1. The Labute approximate surface area is 109 Å². The maximum atomic E-state index is 5.92. The zero-order valence-electron chi connectivity index (χ0n) is 11.2. The molecular formula is C14H22N2O2. The number of methoxy groups -OCH3 is 2. The van der Waals surface area contributed by atoms with Gasteiger partial charge in [-0.25, -0.2) is 0 Å². The van der Waals surface area contributed by atoms with Crippen LogP contribution >= 0.6 is 0 Å². The average molecular weight is 250 g/mol. The highest BCUT2D eigenvalue weighted by molar-refractivity contribution is 5.40. The first-order valence-corrected chi connectivity index (χ1v) is 6.41. The third-order valence-corrected chi connectivity index (χ3v) is 3.52. The Bertz CT molecular complexity index is 387. The lowest BCUT2D eigenvalue weighted by molar-refractivity contribution is 0.203. The van der Waals surface area contributed by atoms with E-state index in [4.69, 9.17) is 15.2 Å². The molecule has 1 heterocycles. The van der Waals surface area contributed by atoms with Crippen molar-refractivity contribution in [2.45, 2.75) is 25.4 Å². The molecule has 0 spiro atoms. The van der Waals surface area contributed by atoms with Crippen LogP contribution in [0.5, 0.6) is 11.5 Å². The van der Waals surface area contributed by atoms with Crippen LogP contribution in [0.1, 0.15) is 18.4 Å². The van der Waals surface area contributed by atoms with Gasteiger partial charge in [-0.1, -0.05) is 6.07 Å². The highest BCUT2D eigenvalue weighted by atomic mass is 16.5. The standard InChI is InChI=1S/C14H22N2O2/c1-17-13-4-3-11(14(9-13)18-2)10-16-7-5-12(15)6-8-16/h3-4,9,12H,5-8,10,15H2,1-2H3. The lowest BCUT2D eigenvalue weighted by Crippen LogP contribution is -2.39. The van der Waals surface area contributed by atoms with Crippen LogP contribution in [0.2, 0.25) is 0 Å². The first-order chi connectivity index (χ1) is 8.72. The minimum absolute atomic E-state index is 0.374. The van der Waals surface area contributed by atoms with Gasteiger partial charge in [-0.15, -0.1) is 0 Å². The van der Waals surface area contributed by atoms with Crippen molar-refractivity contribution in [2.24, 2.45) is 5.73 Å². The summed E-state index contributed by atoms with van der Waals surface area (Å²) in [5.74, 6) is 1.72. The second-order valence-electron chi connectivity index (χ2n) is 4.79. The van der Waals surface area contributed by atoms with Gasteiger partial charge in [0.15, 0.2) is 0 Å². The van der Waals surface area contributed by atoms with E-state index >= 15 is 0 Å². The molecule has 1 aliphatic heterocycles. The van der Waals surface area contributed by atoms with E-state index in [2.05, 4.69) is 11.0 Å². The summed E-state index contributed by atoms with van der Waals surface area (Å²) in [6.45, 7) is 3.05. The van der Waals surface area contributed by atoms with Gasteiger partial charge in [0.2, 0.25) is 0 Å². The summed E-state index contributed by atoms with van der Waals surface area (Å²) >= 11 is 0. The van der Waals surface area contributed by atoms with Crippen molar-refractivity contribution in [1.29, 1.82) is 0 Å². The van der Waals surface area contributed by atoms with Crippen molar-refractivity contribution in [1.82, 2.24) is 4.90 Å². The van der Waals surface area contributed by atoms with Crippen molar-refractivity contribution in [2.75, 3.05) is 27.3 Å². The van der Waals surface area contributed by atoms with Crippen LogP contribution in [0.25, 0.3) is 0 Å². The molecule has 1 aromatic carbocycles. The van der Waals surface area contributed by atoms with Crippen LogP contribution in [0.3, 0.4) is 0 Å². The Morgan fingerprint density at radius 2 is 1.94 bits per heavy atom. The van der Waals surface area contributed by atoms with Crippen LogP contribution in [0.4, 0.5) is 0 Å². The summed E-state index contributed by atoms with van der Waals surface area (Å²) in [5, 5.41) is 0. The summed E-state index contributed by atoms with van der Waals surface area (Å²) in [6.07, 6.45) is 2.16. The van der Waals surface area contributed by atoms with Crippen molar-refractivity contribution in [3.8, 4) is 11.5 Å². The Morgan fingerprint density at radius 3 is 2.56 bits per heavy atom. The van der Waals surface area contributed by atoms with Gasteiger partial charge in [0.25, 0.3) is 0 Å². The number of nitrogens with zero attached hydrogens (tertiary/aromatic N) is 1. The number of rotatable bonds is 4. The maximum absolute atomic E-state index is 5.92. The highest BCUT2D eigenvalue weighted by Gasteiger charge is 2.17. The van der Waals surface area contributed by atoms with Gasteiger partial charge in [0.05, 0.1) is 14.2 Å². The molecule has 18 heavy (non-hydrogen) atoms. The molecule has 1 fully saturated rings. The second kappa shape index (κ2) is 6.07. The van der Waals surface area contributed by atoms with E-state index in [0.29, 0.717) is 6.04 Å². The fourth-order valence-electron chi connectivity index (χ4n) is 2.33.